The van der Waals surface area contributed by atoms with Crippen molar-refractivity contribution in [3.63, 3.8) is 0 Å². The number of aromatic nitrogens is 2. The highest BCUT2D eigenvalue weighted by molar-refractivity contribution is 7.99. The molecular formula is C27H28N4O6S2. The Hall–Kier alpha value is -3.87. The van der Waals surface area contributed by atoms with E-state index in [4.69, 9.17) is 14.6 Å². The van der Waals surface area contributed by atoms with Gasteiger partial charge in [-0.05, 0) is 53.9 Å². The maximum atomic E-state index is 13.3. The Bertz CT molecular complexity index is 1650. The molecule has 0 spiro atoms. The number of primary sulfonamides is 1. The molecule has 0 unspecified atom stereocenters. The third kappa shape index (κ3) is 6.96. The number of nitrogens with one attached hydrogen (secondary N) is 1. The van der Waals surface area contributed by atoms with Crippen LogP contribution in [0.5, 0.6) is 11.5 Å². The molecule has 3 aromatic carbocycles. The summed E-state index contributed by atoms with van der Waals surface area (Å²) in [5.41, 5.74) is 2.01. The van der Waals surface area contributed by atoms with Crippen LogP contribution in [0.25, 0.3) is 10.9 Å². The molecule has 0 radical (unpaired) electrons. The van der Waals surface area contributed by atoms with E-state index in [1.165, 1.54) is 23.9 Å². The summed E-state index contributed by atoms with van der Waals surface area (Å²) in [5.74, 6) is 1.01. The highest BCUT2D eigenvalue weighted by Crippen LogP contribution is 2.27. The second-order valence-corrected chi connectivity index (χ2v) is 11.1. The average molecular weight is 569 g/mol. The summed E-state index contributed by atoms with van der Waals surface area (Å²) >= 11 is 1.17. The van der Waals surface area contributed by atoms with Gasteiger partial charge in [0, 0.05) is 13.1 Å². The third-order valence-corrected chi connectivity index (χ3v) is 7.88. The Morgan fingerprint density at radius 3 is 2.38 bits per heavy atom. The maximum absolute atomic E-state index is 13.3. The van der Waals surface area contributed by atoms with Gasteiger partial charge in [0.1, 0.15) is 0 Å². The largest absolute Gasteiger partial charge is 0.493 e. The molecule has 10 nitrogen and oxygen atoms in total. The lowest BCUT2D eigenvalue weighted by atomic mass is 10.1. The molecule has 0 aliphatic carbocycles. The Morgan fingerprint density at radius 2 is 1.69 bits per heavy atom. The Morgan fingerprint density at radius 1 is 1.00 bits per heavy atom. The molecule has 3 N–H and O–H groups in total. The van der Waals surface area contributed by atoms with E-state index in [9.17, 15) is 18.0 Å². The fraction of sp³-hybridized carbons (Fsp3) is 0.222. The minimum Gasteiger partial charge on any atom is -0.493 e. The fourth-order valence-electron chi connectivity index (χ4n) is 3.91. The van der Waals surface area contributed by atoms with Gasteiger partial charge in [0.25, 0.3) is 5.56 Å². The topological polar surface area (TPSA) is 143 Å². The van der Waals surface area contributed by atoms with Crippen molar-refractivity contribution in [3.05, 3.63) is 88.2 Å². The van der Waals surface area contributed by atoms with Gasteiger partial charge in [-0.3, -0.25) is 14.2 Å². The molecule has 12 heteroatoms. The van der Waals surface area contributed by atoms with E-state index in [0.717, 1.165) is 11.1 Å². The number of carbonyl (C=O) groups excluding carboxylic acids is 1. The number of nitrogens with two attached hydrogens (primary N) is 1. The van der Waals surface area contributed by atoms with E-state index >= 15 is 0 Å². The zero-order valence-corrected chi connectivity index (χ0v) is 23.1. The number of methoxy groups -OCH3 is 2. The van der Waals surface area contributed by atoms with Crippen molar-refractivity contribution < 1.29 is 22.7 Å². The smallest absolute Gasteiger partial charge is 0.262 e. The molecule has 1 amide bonds. The van der Waals surface area contributed by atoms with Crippen LogP contribution in [0.1, 0.15) is 11.1 Å². The number of thioether (sulfide) groups is 1. The predicted octanol–water partition coefficient (Wildman–Crippen LogP) is 2.71. The van der Waals surface area contributed by atoms with E-state index in [1.54, 1.807) is 67.3 Å². The number of para-hydroxylation sites is 1. The van der Waals surface area contributed by atoms with Gasteiger partial charge in [0.2, 0.25) is 15.9 Å². The maximum Gasteiger partial charge on any atom is 0.262 e. The summed E-state index contributed by atoms with van der Waals surface area (Å²) in [6.07, 6.45) is 0.448. The molecule has 0 saturated heterocycles. The first-order chi connectivity index (χ1) is 18.7. The van der Waals surface area contributed by atoms with Crippen LogP contribution in [0.3, 0.4) is 0 Å². The van der Waals surface area contributed by atoms with Crippen molar-refractivity contribution in [2.24, 2.45) is 5.14 Å². The number of nitrogens with zero attached hydrogens (tertiary/aromatic N) is 2. The summed E-state index contributed by atoms with van der Waals surface area (Å²) in [5, 5.41) is 8.94. The van der Waals surface area contributed by atoms with Crippen molar-refractivity contribution in [1.82, 2.24) is 14.9 Å². The molecule has 0 saturated carbocycles. The molecule has 4 rings (SSSR count). The van der Waals surface area contributed by atoms with Gasteiger partial charge in [-0.15, -0.1) is 0 Å². The van der Waals surface area contributed by atoms with Crippen LogP contribution >= 0.6 is 11.8 Å². The first kappa shape index (κ1) is 28.1. The molecule has 0 aliphatic rings. The quantitative estimate of drug-likeness (QED) is 0.208. The second-order valence-electron chi connectivity index (χ2n) is 8.56. The van der Waals surface area contributed by atoms with Gasteiger partial charge in [-0.2, -0.15) is 0 Å². The zero-order chi connectivity index (χ0) is 28.0. The van der Waals surface area contributed by atoms with Crippen LogP contribution in [0.15, 0.2) is 81.6 Å². The van der Waals surface area contributed by atoms with E-state index in [-0.39, 0.29) is 22.1 Å². The van der Waals surface area contributed by atoms with Gasteiger partial charge in [-0.25, -0.2) is 18.5 Å². The molecule has 204 valence electrons. The average Bonchev–Trinajstić information content (AvgIpc) is 2.94. The van der Waals surface area contributed by atoms with Crippen molar-refractivity contribution in [2.75, 3.05) is 20.0 Å². The summed E-state index contributed by atoms with van der Waals surface area (Å²) in [4.78, 5) is 30.6. The first-order valence-electron chi connectivity index (χ1n) is 11.9. The molecule has 0 aliphatic heterocycles. The molecule has 4 aromatic rings. The second kappa shape index (κ2) is 12.3. The summed E-state index contributed by atoms with van der Waals surface area (Å²) in [7, 11) is -0.683. The lowest BCUT2D eigenvalue weighted by Gasteiger charge is -2.14. The zero-order valence-electron chi connectivity index (χ0n) is 21.4. The normalized spacial score (nSPS) is 11.4. The Balaban J connectivity index is 1.48. The Kier molecular flexibility index (Phi) is 8.90. The van der Waals surface area contributed by atoms with Crippen molar-refractivity contribution in [1.29, 1.82) is 0 Å². The van der Waals surface area contributed by atoms with E-state index < -0.39 is 10.0 Å². The number of benzene rings is 3. The van der Waals surface area contributed by atoms with Crippen molar-refractivity contribution in [3.8, 4) is 11.5 Å². The highest BCUT2D eigenvalue weighted by atomic mass is 32.2. The van der Waals surface area contributed by atoms with Crippen LogP contribution in [-0.2, 0) is 34.3 Å². The number of amides is 1. The van der Waals surface area contributed by atoms with Crippen LogP contribution in [0.2, 0.25) is 0 Å². The van der Waals surface area contributed by atoms with Crippen LogP contribution in [-0.4, -0.2) is 43.8 Å². The monoisotopic (exact) mass is 568 g/mol. The lowest BCUT2D eigenvalue weighted by Crippen LogP contribution is -2.27. The van der Waals surface area contributed by atoms with Gasteiger partial charge < -0.3 is 14.8 Å². The third-order valence-electron chi connectivity index (χ3n) is 5.97. The number of aryl methyl sites for hydroxylation is 1. The number of carbonyl (C=O) groups is 1. The number of ether oxygens (including phenoxy) is 2. The molecular weight excluding hydrogens is 540 g/mol. The molecule has 1 aromatic heterocycles. The summed E-state index contributed by atoms with van der Waals surface area (Å²) in [6.45, 7) is 0.590. The molecule has 0 fully saturated rings. The van der Waals surface area contributed by atoms with Gasteiger partial charge >= 0.3 is 0 Å². The van der Waals surface area contributed by atoms with E-state index in [2.05, 4.69) is 10.3 Å². The van der Waals surface area contributed by atoms with Gasteiger partial charge in [0.15, 0.2) is 16.7 Å². The number of hydrogen-bond acceptors (Lipinski definition) is 8. The fourth-order valence-corrected chi connectivity index (χ4v) is 5.28. The van der Waals surface area contributed by atoms with Crippen LogP contribution in [0, 0.1) is 0 Å². The SMILES string of the molecule is COc1ccc(CNC(=O)CSc2nc3ccccc3c(=O)n2CCc2ccc(S(N)(=O)=O)cc2)cc1OC. The number of sulfonamides is 1. The molecule has 1 heterocycles. The van der Waals surface area contributed by atoms with Crippen molar-refractivity contribution in [2.45, 2.75) is 29.6 Å². The molecule has 0 bridgehead atoms. The number of fused-ring (bicyclic) bond motifs is 1. The van der Waals surface area contributed by atoms with Crippen LogP contribution < -0.4 is 25.5 Å². The standard InChI is InChI=1S/C27H28N4O6S2/c1-36-23-12-9-19(15-24(23)37-2)16-29-25(32)17-38-27-30-22-6-4-3-5-21(22)26(33)31(27)14-13-18-7-10-20(11-8-18)39(28,34)35/h3-12,15H,13-14,16-17H2,1-2H3,(H,29,32)(H2,28,34,35). The van der Waals surface area contributed by atoms with Crippen molar-refractivity contribution >= 4 is 38.6 Å². The highest BCUT2D eigenvalue weighted by Gasteiger charge is 2.14. The number of hydrogen-bond donors (Lipinski definition) is 2. The lowest BCUT2D eigenvalue weighted by molar-refractivity contribution is -0.118. The van der Waals surface area contributed by atoms with Gasteiger partial charge in [0.05, 0.1) is 35.8 Å². The minimum atomic E-state index is -3.79. The summed E-state index contributed by atoms with van der Waals surface area (Å²) in [6, 6.07) is 18.6. The molecule has 0 atom stereocenters. The first-order valence-corrected chi connectivity index (χ1v) is 14.4. The molecule has 39 heavy (non-hydrogen) atoms. The predicted molar refractivity (Wildman–Crippen MR) is 150 cm³/mol. The van der Waals surface area contributed by atoms with E-state index in [1.807, 2.05) is 6.07 Å². The summed E-state index contributed by atoms with van der Waals surface area (Å²) < 4.78 is 35.1. The Labute approximate surface area is 230 Å². The van der Waals surface area contributed by atoms with E-state index in [0.29, 0.717) is 47.1 Å². The minimum absolute atomic E-state index is 0.0196. The van der Waals surface area contributed by atoms with Gasteiger partial charge in [-0.1, -0.05) is 42.1 Å². The number of rotatable bonds is 11. The van der Waals surface area contributed by atoms with Crippen LogP contribution in [0.4, 0.5) is 0 Å².